The van der Waals surface area contributed by atoms with Crippen LogP contribution in [0.2, 0.25) is 5.02 Å². The standard InChI is InChI=1S/C15H16ClNO2S/c1-4-11-12(17)14(15(18)19-3)20-13(11)9-5-8(2)6-10(16)7-9/h5-7H,4,17H2,1-3H3. The Bertz CT molecular complexity index is 644. The third-order valence-electron chi connectivity index (χ3n) is 3.08. The van der Waals surface area contributed by atoms with Crippen molar-refractivity contribution in [3.05, 3.63) is 39.2 Å². The lowest BCUT2D eigenvalue weighted by atomic mass is 10.0. The van der Waals surface area contributed by atoms with Gasteiger partial charge in [-0.2, -0.15) is 0 Å². The summed E-state index contributed by atoms with van der Waals surface area (Å²) in [4.78, 5) is 13.2. The number of methoxy groups -OCH3 is 1. The van der Waals surface area contributed by atoms with E-state index in [1.54, 1.807) is 0 Å². The lowest BCUT2D eigenvalue weighted by Gasteiger charge is -2.05. The molecule has 2 N–H and O–H groups in total. The number of hydrogen-bond donors (Lipinski definition) is 1. The van der Waals surface area contributed by atoms with Gasteiger partial charge < -0.3 is 10.5 Å². The highest BCUT2D eigenvalue weighted by Gasteiger charge is 2.21. The molecule has 20 heavy (non-hydrogen) atoms. The first kappa shape index (κ1) is 14.9. The number of halogens is 1. The Morgan fingerprint density at radius 1 is 1.40 bits per heavy atom. The second-order valence-corrected chi connectivity index (χ2v) is 5.97. The van der Waals surface area contributed by atoms with Crippen molar-refractivity contribution in [2.45, 2.75) is 20.3 Å². The number of rotatable bonds is 3. The topological polar surface area (TPSA) is 52.3 Å². The first-order valence-electron chi connectivity index (χ1n) is 6.25. The Balaban J connectivity index is 2.64. The van der Waals surface area contributed by atoms with Crippen LogP contribution in [-0.2, 0) is 11.2 Å². The third kappa shape index (κ3) is 2.67. The zero-order chi connectivity index (χ0) is 14.9. The first-order valence-corrected chi connectivity index (χ1v) is 7.44. The summed E-state index contributed by atoms with van der Waals surface area (Å²) < 4.78 is 4.78. The summed E-state index contributed by atoms with van der Waals surface area (Å²) in [5.74, 6) is -0.396. The Morgan fingerprint density at radius 2 is 2.10 bits per heavy atom. The highest BCUT2D eigenvalue weighted by atomic mass is 35.5. The van der Waals surface area contributed by atoms with Crippen molar-refractivity contribution < 1.29 is 9.53 Å². The number of aryl methyl sites for hydroxylation is 1. The highest BCUT2D eigenvalue weighted by Crippen LogP contribution is 2.40. The number of carbonyl (C=O) groups is 1. The molecule has 0 saturated carbocycles. The number of nitrogen functional groups attached to an aromatic ring is 1. The molecule has 106 valence electrons. The molecule has 1 aromatic carbocycles. The lowest BCUT2D eigenvalue weighted by Crippen LogP contribution is -2.02. The Labute approximate surface area is 127 Å². The second-order valence-electron chi connectivity index (χ2n) is 4.51. The van der Waals surface area contributed by atoms with Gasteiger partial charge in [0.2, 0.25) is 0 Å². The molecule has 0 fully saturated rings. The van der Waals surface area contributed by atoms with Crippen LogP contribution in [0.1, 0.15) is 27.7 Å². The van der Waals surface area contributed by atoms with E-state index in [1.165, 1.54) is 18.4 Å². The van der Waals surface area contributed by atoms with Crippen LogP contribution in [0.15, 0.2) is 18.2 Å². The fourth-order valence-electron chi connectivity index (χ4n) is 2.17. The Kier molecular flexibility index (Phi) is 4.35. The average molecular weight is 310 g/mol. The molecule has 0 aliphatic rings. The predicted molar refractivity (Wildman–Crippen MR) is 84.6 cm³/mol. The quantitative estimate of drug-likeness (QED) is 0.860. The average Bonchev–Trinajstić information content (AvgIpc) is 2.73. The van der Waals surface area contributed by atoms with Gasteiger partial charge >= 0.3 is 5.97 Å². The van der Waals surface area contributed by atoms with Gasteiger partial charge in [0.15, 0.2) is 0 Å². The highest BCUT2D eigenvalue weighted by molar-refractivity contribution is 7.18. The largest absolute Gasteiger partial charge is 0.465 e. The number of nitrogens with two attached hydrogens (primary N) is 1. The smallest absolute Gasteiger partial charge is 0.350 e. The number of thiophene rings is 1. The van der Waals surface area contributed by atoms with Crippen LogP contribution in [0.4, 0.5) is 5.69 Å². The van der Waals surface area contributed by atoms with Crippen LogP contribution in [0.5, 0.6) is 0 Å². The molecule has 0 aliphatic heterocycles. The summed E-state index contributed by atoms with van der Waals surface area (Å²) in [5.41, 5.74) is 9.62. The van der Waals surface area contributed by atoms with Gasteiger partial charge in [-0.25, -0.2) is 4.79 Å². The Morgan fingerprint density at radius 3 is 2.65 bits per heavy atom. The maximum atomic E-state index is 11.8. The number of anilines is 1. The minimum Gasteiger partial charge on any atom is -0.465 e. The van der Waals surface area contributed by atoms with Crippen LogP contribution in [0.3, 0.4) is 0 Å². The van der Waals surface area contributed by atoms with Gasteiger partial charge in [0.1, 0.15) is 4.88 Å². The van der Waals surface area contributed by atoms with Crippen molar-refractivity contribution in [3.63, 3.8) is 0 Å². The van der Waals surface area contributed by atoms with Gasteiger partial charge in [-0.1, -0.05) is 24.6 Å². The van der Waals surface area contributed by atoms with E-state index in [0.717, 1.165) is 28.0 Å². The number of esters is 1. The number of carbonyl (C=O) groups excluding carboxylic acids is 1. The zero-order valence-corrected chi connectivity index (χ0v) is 13.2. The molecule has 0 radical (unpaired) electrons. The molecule has 0 atom stereocenters. The minimum atomic E-state index is -0.396. The van der Waals surface area contributed by atoms with Crippen LogP contribution in [0.25, 0.3) is 10.4 Å². The van der Waals surface area contributed by atoms with Crippen LogP contribution >= 0.6 is 22.9 Å². The molecule has 0 saturated heterocycles. The van der Waals surface area contributed by atoms with E-state index in [4.69, 9.17) is 22.1 Å². The van der Waals surface area contributed by atoms with Gasteiger partial charge in [0.25, 0.3) is 0 Å². The van der Waals surface area contributed by atoms with Crippen LogP contribution < -0.4 is 5.73 Å². The number of hydrogen-bond acceptors (Lipinski definition) is 4. The molecule has 0 aliphatic carbocycles. The fraction of sp³-hybridized carbons (Fsp3) is 0.267. The van der Waals surface area contributed by atoms with Gasteiger partial charge in [-0.05, 0) is 42.2 Å². The van der Waals surface area contributed by atoms with Crippen LogP contribution in [0, 0.1) is 6.92 Å². The summed E-state index contributed by atoms with van der Waals surface area (Å²) in [6.45, 7) is 4.00. The van der Waals surface area contributed by atoms with E-state index in [0.29, 0.717) is 15.6 Å². The van der Waals surface area contributed by atoms with E-state index in [2.05, 4.69) is 0 Å². The van der Waals surface area contributed by atoms with Gasteiger partial charge in [-0.3, -0.25) is 0 Å². The van der Waals surface area contributed by atoms with Crippen molar-refractivity contribution >= 4 is 34.6 Å². The molecule has 2 aromatic rings. The van der Waals surface area contributed by atoms with Crippen molar-refractivity contribution in [3.8, 4) is 10.4 Å². The zero-order valence-electron chi connectivity index (χ0n) is 11.6. The second kappa shape index (κ2) is 5.85. The molecule has 1 aromatic heterocycles. The molecule has 0 spiro atoms. The summed E-state index contributed by atoms with van der Waals surface area (Å²) >= 11 is 7.47. The van der Waals surface area contributed by atoms with Gasteiger partial charge in [0, 0.05) is 9.90 Å². The van der Waals surface area contributed by atoms with Crippen molar-refractivity contribution in [1.29, 1.82) is 0 Å². The van der Waals surface area contributed by atoms with Crippen molar-refractivity contribution in [1.82, 2.24) is 0 Å². The monoisotopic (exact) mass is 309 g/mol. The van der Waals surface area contributed by atoms with E-state index in [-0.39, 0.29) is 0 Å². The fourth-order valence-corrected chi connectivity index (χ4v) is 3.68. The summed E-state index contributed by atoms with van der Waals surface area (Å²) in [6.07, 6.45) is 0.750. The molecule has 1 heterocycles. The molecular weight excluding hydrogens is 294 g/mol. The molecule has 0 unspecified atom stereocenters. The van der Waals surface area contributed by atoms with E-state index >= 15 is 0 Å². The summed E-state index contributed by atoms with van der Waals surface area (Å²) in [6, 6.07) is 5.83. The molecule has 0 bridgehead atoms. The molecule has 5 heteroatoms. The third-order valence-corrected chi connectivity index (χ3v) is 4.57. The Hall–Kier alpha value is -1.52. The SMILES string of the molecule is CCc1c(-c2cc(C)cc(Cl)c2)sc(C(=O)OC)c1N. The van der Waals surface area contributed by atoms with Crippen LogP contribution in [-0.4, -0.2) is 13.1 Å². The lowest BCUT2D eigenvalue weighted by molar-refractivity contribution is 0.0607. The van der Waals surface area contributed by atoms with E-state index in [9.17, 15) is 4.79 Å². The number of benzene rings is 1. The van der Waals surface area contributed by atoms with Crippen molar-refractivity contribution in [2.75, 3.05) is 12.8 Å². The molecular formula is C15H16ClNO2S. The van der Waals surface area contributed by atoms with Gasteiger partial charge in [0.05, 0.1) is 12.8 Å². The summed E-state index contributed by atoms with van der Waals surface area (Å²) in [7, 11) is 1.36. The maximum Gasteiger partial charge on any atom is 0.350 e. The normalized spacial score (nSPS) is 10.6. The molecule has 2 rings (SSSR count). The van der Waals surface area contributed by atoms with Gasteiger partial charge in [-0.15, -0.1) is 11.3 Å². The summed E-state index contributed by atoms with van der Waals surface area (Å²) in [5, 5.41) is 0.675. The molecule has 0 amide bonds. The van der Waals surface area contributed by atoms with Crippen molar-refractivity contribution in [2.24, 2.45) is 0 Å². The number of ether oxygens (including phenoxy) is 1. The van der Waals surface area contributed by atoms with E-state index < -0.39 is 5.97 Å². The maximum absolute atomic E-state index is 11.8. The van der Waals surface area contributed by atoms with E-state index in [1.807, 2.05) is 32.0 Å². The molecule has 3 nitrogen and oxygen atoms in total. The minimum absolute atomic E-state index is 0.396. The predicted octanol–water partition coefficient (Wildman–Crippen LogP) is 4.31. The first-order chi connectivity index (χ1) is 9.47.